The lowest BCUT2D eigenvalue weighted by atomic mass is 10.1. The average Bonchev–Trinajstić information content (AvgIpc) is 3.22. The van der Waals surface area contributed by atoms with Crippen molar-refractivity contribution in [2.45, 2.75) is 12.7 Å². The van der Waals surface area contributed by atoms with Crippen molar-refractivity contribution in [1.29, 1.82) is 0 Å². The molecule has 0 aliphatic rings. The maximum atomic E-state index is 13.6. The minimum Gasteiger partial charge on any atom is -0.324 e. The zero-order chi connectivity index (χ0) is 25.6. The number of nitrogens with one attached hydrogen (secondary N) is 1. The number of aromatic nitrogens is 2. The molecule has 2 aromatic heterocycles. The molecule has 5 aromatic rings. The zero-order valence-electron chi connectivity index (χ0n) is 18.2. The maximum absolute atomic E-state index is 13.6. The van der Waals surface area contributed by atoms with E-state index in [9.17, 15) is 27.6 Å². The number of hydrogen-bond donors (Lipinski definition) is 1. The molecule has 0 bridgehead atoms. The third kappa shape index (κ3) is 4.18. The molecule has 0 aliphatic heterocycles. The molecule has 0 saturated heterocycles. The molecule has 11 heteroatoms. The highest BCUT2D eigenvalue weighted by Gasteiger charge is 2.33. The number of benzene rings is 3. The van der Waals surface area contributed by atoms with E-state index < -0.39 is 41.1 Å². The van der Waals surface area contributed by atoms with Gasteiger partial charge in [-0.1, -0.05) is 48.0 Å². The van der Waals surface area contributed by atoms with Gasteiger partial charge in [0.15, 0.2) is 0 Å². The highest BCUT2D eigenvalue weighted by atomic mass is 35.5. The zero-order valence-corrected chi connectivity index (χ0v) is 19.7. The van der Waals surface area contributed by atoms with Crippen molar-refractivity contribution in [3.05, 3.63) is 104 Å². The Morgan fingerprint density at radius 1 is 0.972 bits per heavy atom. The number of fused-ring (bicyclic) bond motifs is 3. The first-order chi connectivity index (χ1) is 17.1. The van der Waals surface area contributed by atoms with Gasteiger partial charge in [-0.25, -0.2) is 9.36 Å². The van der Waals surface area contributed by atoms with Crippen molar-refractivity contribution >= 4 is 54.8 Å². The van der Waals surface area contributed by atoms with Gasteiger partial charge < -0.3 is 5.32 Å². The van der Waals surface area contributed by atoms with Crippen molar-refractivity contribution in [1.82, 2.24) is 9.13 Å². The summed E-state index contributed by atoms with van der Waals surface area (Å²) in [5.74, 6) is -0.860. The molecule has 1 amide bonds. The van der Waals surface area contributed by atoms with Crippen molar-refractivity contribution in [3.8, 4) is 5.69 Å². The van der Waals surface area contributed by atoms with Crippen LogP contribution in [0.15, 0.2) is 82.4 Å². The normalized spacial score (nSPS) is 11.8. The Morgan fingerprint density at radius 2 is 1.69 bits per heavy atom. The van der Waals surface area contributed by atoms with Crippen LogP contribution in [0.2, 0.25) is 5.02 Å². The van der Waals surface area contributed by atoms with Gasteiger partial charge in [-0.3, -0.25) is 14.2 Å². The van der Waals surface area contributed by atoms with Crippen LogP contribution in [0.25, 0.3) is 26.0 Å². The lowest BCUT2D eigenvalue weighted by Gasteiger charge is -2.15. The Labute approximate surface area is 209 Å². The smallest absolute Gasteiger partial charge is 0.324 e. The Hall–Kier alpha value is -3.89. The van der Waals surface area contributed by atoms with Gasteiger partial charge in [0, 0.05) is 15.1 Å². The Balaban J connectivity index is 1.69. The van der Waals surface area contributed by atoms with Crippen LogP contribution in [-0.4, -0.2) is 15.0 Å². The number of halogens is 4. The molecule has 0 atom stereocenters. The average molecular weight is 530 g/mol. The van der Waals surface area contributed by atoms with Crippen molar-refractivity contribution < 1.29 is 18.0 Å². The van der Waals surface area contributed by atoms with Gasteiger partial charge in [-0.05, 0) is 36.4 Å². The van der Waals surface area contributed by atoms with Gasteiger partial charge in [-0.2, -0.15) is 13.2 Å². The van der Waals surface area contributed by atoms with Crippen LogP contribution in [0, 0.1) is 0 Å². The van der Waals surface area contributed by atoms with Gasteiger partial charge in [0.1, 0.15) is 11.2 Å². The number of carbonyl (C=O) groups excluding carboxylic acids is 1. The first-order valence-corrected chi connectivity index (χ1v) is 11.7. The summed E-state index contributed by atoms with van der Waals surface area (Å²) in [5.41, 5.74) is -2.41. The molecule has 6 nitrogen and oxygen atoms in total. The topological polar surface area (TPSA) is 73.1 Å². The second-order valence-corrected chi connectivity index (χ2v) is 9.35. The molecule has 1 N–H and O–H groups in total. The second kappa shape index (κ2) is 8.96. The molecule has 36 heavy (non-hydrogen) atoms. The van der Waals surface area contributed by atoms with Crippen LogP contribution in [0.5, 0.6) is 0 Å². The number of amides is 1. The van der Waals surface area contributed by atoms with E-state index in [1.165, 1.54) is 24.3 Å². The standard InChI is InChI=1S/C25H15ClF3N3O3S/c26-14-6-5-7-15(12-14)32-23(34)22-21(16-8-1-4-11-19(16)36-22)31(24(32)35)13-20(33)30-18-10-3-2-9-17(18)25(27,28)29/h1-12H,13H2,(H,30,33). The fraction of sp³-hybridized carbons (Fsp3) is 0.0800. The summed E-state index contributed by atoms with van der Waals surface area (Å²) in [5, 5.41) is 3.13. The van der Waals surface area contributed by atoms with Crippen LogP contribution in [0.3, 0.4) is 0 Å². The van der Waals surface area contributed by atoms with E-state index in [0.717, 1.165) is 32.6 Å². The van der Waals surface area contributed by atoms with E-state index >= 15 is 0 Å². The summed E-state index contributed by atoms with van der Waals surface area (Å²) in [7, 11) is 0. The molecular weight excluding hydrogens is 515 g/mol. The van der Waals surface area contributed by atoms with E-state index in [0.29, 0.717) is 15.1 Å². The molecule has 0 spiro atoms. The van der Waals surface area contributed by atoms with Crippen LogP contribution in [0.4, 0.5) is 18.9 Å². The van der Waals surface area contributed by atoms with E-state index in [4.69, 9.17) is 11.6 Å². The lowest BCUT2D eigenvalue weighted by molar-refractivity contribution is -0.137. The molecule has 0 aliphatic carbocycles. The van der Waals surface area contributed by atoms with Gasteiger partial charge in [0.25, 0.3) is 5.56 Å². The molecule has 0 saturated carbocycles. The first kappa shape index (κ1) is 23.8. The van der Waals surface area contributed by atoms with Crippen molar-refractivity contribution in [3.63, 3.8) is 0 Å². The van der Waals surface area contributed by atoms with E-state index in [-0.39, 0.29) is 15.9 Å². The van der Waals surface area contributed by atoms with E-state index in [1.807, 2.05) is 0 Å². The highest BCUT2D eigenvalue weighted by molar-refractivity contribution is 7.25. The molecule has 0 unspecified atom stereocenters. The molecule has 0 fully saturated rings. The number of rotatable bonds is 4. The minimum absolute atomic E-state index is 0.202. The van der Waals surface area contributed by atoms with Gasteiger partial charge in [-0.15, -0.1) is 11.3 Å². The maximum Gasteiger partial charge on any atom is 0.418 e. The van der Waals surface area contributed by atoms with Gasteiger partial charge in [0.05, 0.1) is 22.5 Å². The van der Waals surface area contributed by atoms with Crippen LogP contribution < -0.4 is 16.6 Å². The summed E-state index contributed by atoms with van der Waals surface area (Å²) in [4.78, 5) is 40.0. The van der Waals surface area contributed by atoms with E-state index in [2.05, 4.69) is 5.32 Å². The summed E-state index contributed by atoms with van der Waals surface area (Å²) in [6.07, 6.45) is -4.68. The fourth-order valence-corrected chi connectivity index (χ4v) is 5.33. The third-order valence-electron chi connectivity index (χ3n) is 5.53. The number of alkyl halides is 3. The molecule has 0 radical (unpaired) electrons. The van der Waals surface area contributed by atoms with Crippen LogP contribution >= 0.6 is 22.9 Å². The van der Waals surface area contributed by atoms with Gasteiger partial charge in [0.2, 0.25) is 5.91 Å². The summed E-state index contributed by atoms with van der Waals surface area (Å²) in [6.45, 7) is -0.622. The number of thiophene rings is 1. The second-order valence-electron chi connectivity index (χ2n) is 7.86. The predicted octanol–water partition coefficient (Wildman–Crippen LogP) is 5.68. The number of carbonyl (C=O) groups is 1. The van der Waals surface area contributed by atoms with E-state index in [1.54, 1.807) is 36.4 Å². The fourth-order valence-electron chi connectivity index (χ4n) is 4.01. The minimum atomic E-state index is -4.68. The monoisotopic (exact) mass is 529 g/mol. The largest absolute Gasteiger partial charge is 0.418 e. The van der Waals surface area contributed by atoms with Crippen molar-refractivity contribution in [2.24, 2.45) is 0 Å². The lowest BCUT2D eigenvalue weighted by Crippen LogP contribution is -2.40. The molecular formula is C25H15ClF3N3O3S. The molecule has 3 aromatic carbocycles. The highest BCUT2D eigenvalue weighted by Crippen LogP contribution is 2.35. The van der Waals surface area contributed by atoms with Gasteiger partial charge >= 0.3 is 11.9 Å². The van der Waals surface area contributed by atoms with Crippen LogP contribution in [0.1, 0.15) is 5.56 Å². The van der Waals surface area contributed by atoms with Crippen molar-refractivity contribution in [2.75, 3.05) is 5.32 Å². The summed E-state index contributed by atoms with van der Waals surface area (Å²) >= 11 is 7.22. The Bertz CT molecular complexity index is 1770. The number of hydrogen-bond acceptors (Lipinski definition) is 4. The Kier molecular flexibility index (Phi) is 5.93. The number of anilines is 1. The predicted molar refractivity (Wildman–Crippen MR) is 134 cm³/mol. The quantitative estimate of drug-likeness (QED) is 0.326. The SMILES string of the molecule is O=C(Cn1c(=O)n(-c2cccc(Cl)c2)c(=O)c2sc3ccccc3c21)Nc1ccccc1C(F)(F)F. The molecule has 5 rings (SSSR count). The summed E-state index contributed by atoms with van der Waals surface area (Å²) in [6, 6.07) is 17.7. The number of para-hydroxylation sites is 1. The van der Waals surface area contributed by atoms with Crippen LogP contribution in [-0.2, 0) is 17.5 Å². The Morgan fingerprint density at radius 3 is 2.44 bits per heavy atom. The summed E-state index contributed by atoms with van der Waals surface area (Å²) < 4.78 is 43.1. The number of nitrogens with zero attached hydrogens (tertiary/aromatic N) is 2. The first-order valence-electron chi connectivity index (χ1n) is 10.5. The molecule has 182 valence electrons. The third-order valence-corrected chi connectivity index (χ3v) is 6.92. The molecule has 2 heterocycles.